The molecule has 2 aromatic rings. The van der Waals surface area contributed by atoms with Crippen molar-refractivity contribution in [3.8, 4) is 5.75 Å². The van der Waals surface area contributed by atoms with Gasteiger partial charge in [-0.3, -0.25) is 9.59 Å². The summed E-state index contributed by atoms with van der Waals surface area (Å²) < 4.78 is 5.36. The first kappa shape index (κ1) is 27.7. The fourth-order valence-corrected chi connectivity index (χ4v) is 3.62. The monoisotopic (exact) mass is 483 g/mol. The number of phenolic OH excluding ortho intramolecular Hbond substituents is 1. The predicted molar refractivity (Wildman–Crippen MR) is 136 cm³/mol. The quantitative estimate of drug-likeness (QED) is 0.501. The van der Waals surface area contributed by atoms with Crippen LogP contribution in [0, 0.1) is 12.8 Å². The van der Waals surface area contributed by atoms with E-state index >= 15 is 0 Å². The minimum absolute atomic E-state index is 0.0256. The second-order valence-electron chi connectivity index (χ2n) is 9.76. The summed E-state index contributed by atoms with van der Waals surface area (Å²) in [7, 11) is 1.51. The highest BCUT2D eigenvalue weighted by molar-refractivity contribution is 5.99. The zero-order chi connectivity index (χ0) is 26.3. The number of nitrogens with one attached hydrogen (secondary N) is 2. The predicted octanol–water partition coefficient (Wildman–Crippen LogP) is 4.78. The van der Waals surface area contributed by atoms with Crippen molar-refractivity contribution in [2.45, 2.75) is 65.6 Å². The maximum Gasteiger partial charge on any atom is 0.408 e. The van der Waals surface area contributed by atoms with Crippen LogP contribution in [0.15, 0.2) is 48.5 Å². The standard InChI is InChI=1S/C27H37N3O5/c1-8-17(2)22(29-26(34)35-27(4,5)6)25(33)30(7)23(19-13-11-14-20(31)16-19)24(32)28-21-15-10-9-12-18(21)3/h9-17,22-23,31H,8H2,1-7H3,(H,28,32)(H,29,34). The molecule has 0 aliphatic rings. The molecule has 3 unspecified atom stereocenters. The van der Waals surface area contributed by atoms with Gasteiger partial charge in [-0.2, -0.15) is 0 Å². The second-order valence-corrected chi connectivity index (χ2v) is 9.76. The molecule has 3 amide bonds. The number of likely N-dealkylation sites (N-methyl/N-ethyl adjacent to an activating group) is 1. The fraction of sp³-hybridized carbons (Fsp3) is 0.444. The Bertz CT molecular complexity index is 1050. The third-order valence-corrected chi connectivity index (χ3v) is 5.72. The van der Waals surface area contributed by atoms with Crippen LogP contribution in [0.3, 0.4) is 0 Å². The molecule has 35 heavy (non-hydrogen) atoms. The van der Waals surface area contributed by atoms with Crippen molar-refractivity contribution in [3.63, 3.8) is 0 Å². The number of alkyl carbamates (subject to hydrolysis) is 1. The molecule has 0 aliphatic carbocycles. The van der Waals surface area contributed by atoms with Gasteiger partial charge in [0, 0.05) is 12.7 Å². The van der Waals surface area contributed by atoms with Gasteiger partial charge >= 0.3 is 6.09 Å². The Morgan fingerprint density at radius 3 is 2.31 bits per heavy atom. The lowest BCUT2D eigenvalue weighted by atomic mass is 9.96. The zero-order valence-corrected chi connectivity index (χ0v) is 21.6. The summed E-state index contributed by atoms with van der Waals surface area (Å²) in [5, 5.41) is 15.6. The molecule has 8 nitrogen and oxygen atoms in total. The van der Waals surface area contributed by atoms with Gasteiger partial charge in [0.15, 0.2) is 0 Å². The van der Waals surface area contributed by atoms with Crippen LogP contribution in [-0.2, 0) is 14.3 Å². The largest absolute Gasteiger partial charge is 0.508 e. The Hall–Kier alpha value is -3.55. The lowest BCUT2D eigenvalue weighted by molar-refractivity contribution is -0.140. The van der Waals surface area contributed by atoms with Crippen LogP contribution < -0.4 is 10.6 Å². The molecule has 0 spiro atoms. The number of phenols is 1. The normalized spacial score (nSPS) is 13.8. The van der Waals surface area contributed by atoms with Crippen LogP contribution >= 0.6 is 0 Å². The summed E-state index contributed by atoms with van der Waals surface area (Å²) in [6, 6.07) is 11.6. The SMILES string of the molecule is CCC(C)C(NC(=O)OC(C)(C)C)C(=O)N(C)C(C(=O)Nc1ccccc1C)c1cccc(O)c1. The molecule has 0 aromatic heterocycles. The Morgan fingerprint density at radius 1 is 1.09 bits per heavy atom. The summed E-state index contributed by atoms with van der Waals surface area (Å²) in [5.74, 6) is -1.14. The number of carbonyl (C=O) groups is 3. The minimum Gasteiger partial charge on any atom is -0.508 e. The van der Waals surface area contributed by atoms with E-state index in [1.54, 1.807) is 39.0 Å². The number of hydrogen-bond acceptors (Lipinski definition) is 5. The van der Waals surface area contributed by atoms with Gasteiger partial charge < -0.3 is 25.4 Å². The van der Waals surface area contributed by atoms with Crippen LogP contribution in [0.25, 0.3) is 0 Å². The summed E-state index contributed by atoms with van der Waals surface area (Å²) in [5.41, 5.74) is 1.20. The van der Waals surface area contributed by atoms with Crippen molar-refractivity contribution in [2.24, 2.45) is 5.92 Å². The van der Waals surface area contributed by atoms with E-state index < -0.39 is 35.6 Å². The van der Waals surface area contributed by atoms with E-state index in [4.69, 9.17) is 4.74 Å². The molecule has 0 fully saturated rings. The molecular formula is C27H37N3O5. The first-order valence-electron chi connectivity index (χ1n) is 11.8. The van der Waals surface area contributed by atoms with Crippen LogP contribution in [0.1, 0.15) is 58.2 Å². The number of nitrogens with zero attached hydrogens (tertiary/aromatic N) is 1. The smallest absolute Gasteiger partial charge is 0.408 e. The minimum atomic E-state index is -1.05. The van der Waals surface area contributed by atoms with Crippen LogP contribution in [0.5, 0.6) is 5.75 Å². The Morgan fingerprint density at radius 2 is 1.74 bits per heavy atom. The van der Waals surface area contributed by atoms with Gasteiger partial charge in [-0.05, 0) is 62.9 Å². The molecule has 3 N–H and O–H groups in total. The van der Waals surface area contributed by atoms with Crippen molar-refractivity contribution >= 4 is 23.6 Å². The topological polar surface area (TPSA) is 108 Å². The van der Waals surface area contributed by atoms with Gasteiger partial charge in [0.1, 0.15) is 23.4 Å². The average molecular weight is 484 g/mol. The van der Waals surface area contributed by atoms with Crippen LogP contribution in [0.2, 0.25) is 0 Å². The molecule has 3 atom stereocenters. The number of benzene rings is 2. The molecule has 0 radical (unpaired) electrons. The summed E-state index contributed by atoms with van der Waals surface area (Å²) in [4.78, 5) is 41.0. The number of carbonyl (C=O) groups excluding carboxylic acids is 3. The maximum absolute atomic E-state index is 13.7. The van der Waals surface area contributed by atoms with Gasteiger partial charge in [-0.15, -0.1) is 0 Å². The van der Waals surface area contributed by atoms with Crippen molar-refractivity contribution in [1.82, 2.24) is 10.2 Å². The van der Waals surface area contributed by atoms with Crippen molar-refractivity contribution in [2.75, 3.05) is 12.4 Å². The molecule has 2 rings (SSSR count). The van der Waals surface area contributed by atoms with Gasteiger partial charge in [-0.25, -0.2) is 4.79 Å². The van der Waals surface area contributed by atoms with E-state index in [1.807, 2.05) is 39.0 Å². The molecule has 0 aliphatic heterocycles. The molecule has 0 bridgehead atoms. The molecule has 8 heteroatoms. The number of anilines is 1. The average Bonchev–Trinajstić information content (AvgIpc) is 2.77. The maximum atomic E-state index is 13.7. The van der Waals surface area contributed by atoms with Gasteiger partial charge in [0.25, 0.3) is 5.91 Å². The molecule has 0 saturated heterocycles. The van der Waals surface area contributed by atoms with Gasteiger partial charge in [0.05, 0.1) is 0 Å². The van der Waals surface area contributed by atoms with Crippen LogP contribution in [-0.4, -0.2) is 46.6 Å². The van der Waals surface area contributed by atoms with Crippen molar-refractivity contribution < 1.29 is 24.2 Å². The van der Waals surface area contributed by atoms with E-state index in [2.05, 4.69) is 10.6 Å². The number of para-hydroxylation sites is 1. The van der Waals surface area contributed by atoms with Crippen molar-refractivity contribution in [3.05, 3.63) is 59.7 Å². The Balaban J connectivity index is 2.41. The van der Waals surface area contributed by atoms with E-state index in [0.717, 1.165) is 5.56 Å². The Kier molecular flexibility index (Phi) is 9.28. The first-order valence-corrected chi connectivity index (χ1v) is 11.8. The fourth-order valence-electron chi connectivity index (χ4n) is 3.62. The number of aromatic hydroxyl groups is 1. The number of rotatable bonds is 8. The lowest BCUT2D eigenvalue weighted by Gasteiger charge is -2.33. The Labute approximate surface area is 207 Å². The highest BCUT2D eigenvalue weighted by atomic mass is 16.6. The van der Waals surface area contributed by atoms with E-state index in [0.29, 0.717) is 17.7 Å². The second kappa shape index (κ2) is 11.7. The molecule has 0 saturated carbocycles. The number of amides is 3. The molecule has 190 valence electrons. The third kappa shape index (κ3) is 7.73. The number of ether oxygens (including phenoxy) is 1. The van der Waals surface area contributed by atoms with E-state index in [-0.39, 0.29) is 11.7 Å². The highest BCUT2D eigenvalue weighted by Gasteiger charge is 2.36. The third-order valence-electron chi connectivity index (χ3n) is 5.72. The van der Waals surface area contributed by atoms with Gasteiger partial charge in [-0.1, -0.05) is 50.6 Å². The summed E-state index contributed by atoms with van der Waals surface area (Å²) in [6.07, 6.45) is -0.0884. The van der Waals surface area contributed by atoms with Gasteiger partial charge in [0.2, 0.25) is 5.91 Å². The highest BCUT2D eigenvalue weighted by Crippen LogP contribution is 2.27. The summed E-state index contributed by atoms with van der Waals surface area (Å²) >= 11 is 0. The molecule has 0 heterocycles. The molecule has 2 aromatic carbocycles. The van der Waals surface area contributed by atoms with Crippen LogP contribution in [0.4, 0.5) is 10.5 Å². The van der Waals surface area contributed by atoms with Crippen molar-refractivity contribution in [1.29, 1.82) is 0 Å². The van der Waals surface area contributed by atoms with E-state index in [9.17, 15) is 19.5 Å². The molecular weight excluding hydrogens is 446 g/mol. The summed E-state index contributed by atoms with van der Waals surface area (Å²) in [6.45, 7) is 10.9. The number of hydrogen-bond donors (Lipinski definition) is 3. The lowest BCUT2D eigenvalue weighted by Crippen LogP contribution is -2.53. The number of aryl methyl sites for hydroxylation is 1. The first-order chi connectivity index (χ1) is 16.3. The zero-order valence-electron chi connectivity index (χ0n) is 21.6. The van der Waals surface area contributed by atoms with E-state index in [1.165, 1.54) is 24.1 Å².